The molecule has 3 nitrogen and oxygen atoms in total. The van der Waals surface area contributed by atoms with Crippen LogP contribution in [0.5, 0.6) is 5.75 Å². The summed E-state index contributed by atoms with van der Waals surface area (Å²) in [6.07, 6.45) is 3.22. The van der Waals surface area contributed by atoms with Gasteiger partial charge in [-0.25, -0.2) is 0 Å². The highest BCUT2D eigenvalue weighted by molar-refractivity contribution is 6.30. The van der Waals surface area contributed by atoms with E-state index >= 15 is 0 Å². The van der Waals surface area contributed by atoms with Gasteiger partial charge in [-0.05, 0) is 23.8 Å². The van der Waals surface area contributed by atoms with E-state index in [-0.39, 0.29) is 6.61 Å². The summed E-state index contributed by atoms with van der Waals surface area (Å²) >= 11 is 5.79. The average Bonchev–Trinajstić information content (AvgIpc) is 2.38. The molecule has 1 aromatic heterocycles. The molecular formula is C13H12ClNO2. The lowest BCUT2D eigenvalue weighted by atomic mass is 10.2. The second kappa shape index (κ2) is 5.66. The first kappa shape index (κ1) is 11.9. The van der Waals surface area contributed by atoms with Gasteiger partial charge in [-0.2, -0.15) is 0 Å². The molecule has 2 aromatic rings. The summed E-state index contributed by atoms with van der Waals surface area (Å²) in [6.45, 7) is 0.369. The van der Waals surface area contributed by atoms with Gasteiger partial charge in [-0.3, -0.25) is 4.98 Å². The van der Waals surface area contributed by atoms with Gasteiger partial charge < -0.3 is 9.84 Å². The minimum atomic E-state index is -0.0571. The predicted octanol–water partition coefficient (Wildman–Crippen LogP) is 2.81. The molecule has 1 aromatic carbocycles. The average molecular weight is 250 g/mol. The van der Waals surface area contributed by atoms with Gasteiger partial charge in [-0.1, -0.05) is 23.7 Å². The van der Waals surface area contributed by atoms with Crippen LogP contribution in [0.25, 0.3) is 0 Å². The highest BCUT2D eigenvalue weighted by Gasteiger charge is 2.02. The van der Waals surface area contributed by atoms with Crippen LogP contribution in [0.4, 0.5) is 0 Å². The Labute approximate surface area is 105 Å². The fraction of sp³-hybridized carbons (Fsp3) is 0.154. The molecule has 0 unspecified atom stereocenters. The van der Waals surface area contributed by atoms with Gasteiger partial charge in [0.2, 0.25) is 0 Å². The van der Waals surface area contributed by atoms with Gasteiger partial charge in [0.25, 0.3) is 0 Å². The molecule has 4 heteroatoms. The maximum absolute atomic E-state index is 9.13. The Morgan fingerprint density at radius 2 is 1.94 bits per heavy atom. The van der Waals surface area contributed by atoms with Crippen molar-refractivity contribution < 1.29 is 9.84 Å². The van der Waals surface area contributed by atoms with Crippen LogP contribution in [0.15, 0.2) is 42.7 Å². The number of aromatic nitrogens is 1. The SMILES string of the molecule is OCc1ccncc1OCc1ccc(Cl)cc1. The van der Waals surface area contributed by atoms with Gasteiger partial charge in [0.05, 0.1) is 12.8 Å². The van der Waals surface area contributed by atoms with Crippen LogP contribution < -0.4 is 4.74 Å². The highest BCUT2D eigenvalue weighted by Crippen LogP contribution is 2.18. The molecule has 0 aliphatic carbocycles. The van der Waals surface area contributed by atoms with Crippen molar-refractivity contribution >= 4 is 11.6 Å². The Morgan fingerprint density at radius 3 is 2.65 bits per heavy atom. The lowest BCUT2D eigenvalue weighted by Gasteiger charge is -2.09. The van der Waals surface area contributed by atoms with Gasteiger partial charge in [0, 0.05) is 16.8 Å². The maximum Gasteiger partial charge on any atom is 0.143 e. The fourth-order valence-corrected chi connectivity index (χ4v) is 1.54. The smallest absolute Gasteiger partial charge is 0.143 e. The monoisotopic (exact) mass is 249 g/mol. The first-order chi connectivity index (χ1) is 8.29. The molecule has 88 valence electrons. The molecule has 17 heavy (non-hydrogen) atoms. The van der Waals surface area contributed by atoms with E-state index in [0.717, 1.165) is 11.1 Å². The van der Waals surface area contributed by atoms with Gasteiger partial charge >= 0.3 is 0 Å². The second-order valence-corrected chi connectivity index (χ2v) is 3.99. The van der Waals surface area contributed by atoms with E-state index in [9.17, 15) is 0 Å². The quantitative estimate of drug-likeness (QED) is 0.906. The number of aliphatic hydroxyl groups is 1. The van der Waals surface area contributed by atoms with Crippen molar-refractivity contribution in [3.05, 3.63) is 58.9 Å². The zero-order valence-electron chi connectivity index (χ0n) is 9.14. The summed E-state index contributed by atoms with van der Waals surface area (Å²) in [4.78, 5) is 3.96. The molecule has 0 aliphatic rings. The molecule has 0 radical (unpaired) electrons. The number of hydrogen-bond donors (Lipinski definition) is 1. The molecule has 0 amide bonds. The van der Waals surface area contributed by atoms with Crippen LogP contribution in [0, 0.1) is 0 Å². The van der Waals surface area contributed by atoms with Gasteiger partial charge in [0.15, 0.2) is 0 Å². The molecule has 0 saturated heterocycles. The van der Waals surface area contributed by atoms with Crippen molar-refractivity contribution in [3.8, 4) is 5.75 Å². The largest absolute Gasteiger partial charge is 0.487 e. The summed E-state index contributed by atoms with van der Waals surface area (Å²) in [5.74, 6) is 0.602. The Hall–Kier alpha value is -1.58. The van der Waals surface area contributed by atoms with Crippen molar-refractivity contribution in [2.24, 2.45) is 0 Å². The number of nitrogens with zero attached hydrogens (tertiary/aromatic N) is 1. The van der Waals surface area contributed by atoms with Crippen molar-refractivity contribution in [1.82, 2.24) is 4.98 Å². The van der Waals surface area contributed by atoms with Crippen molar-refractivity contribution in [2.75, 3.05) is 0 Å². The molecular weight excluding hydrogens is 238 g/mol. The number of benzene rings is 1. The molecule has 0 bridgehead atoms. The molecule has 0 fully saturated rings. The molecule has 1 heterocycles. The fourth-order valence-electron chi connectivity index (χ4n) is 1.41. The van der Waals surface area contributed by atoms with Crippen LogP contribution in [0.1, 0.15) is 11.1 Å². The third kappa shape index (κ3) is 3.19. The van der Waals surface area contributed by atoms with Crippen LogP contribution in [-0.4, -0.2) is 10.1 Å². The zero-order valence-corrected chi connectivity index (χ0v) is 9.89. The van der Waals surface area contributed by atoms with Crippen molar-refractivity contribution in [1.29, 1.82) is 0 Å². The Morgan fingerprint density at radius 1 is 1.18 bits per heavy atom. The standard InChI is InChI=1S/C13H12ClNO2/c14-12-3-1-10(2-4-12)9-17-13-7-15-6-5-11(13)8-16/h1-7,16H,8-9H2. The Balaban J connectivity index is 2.04. The molecule has 0 saturated carbocycles. The summed E-state index contributed by atoms with van der Waals surface area (Å²) < 4.78 is 5.59. The number of hydrogen-bond acceptors (Lipinski definition) is 3. The number of rotatable bonds is 4. The van der Waals surface area contributed by atoms with E-state index in [1.54, 1.807) is 18.5 Å². The van der Waals surface area contributed by atoms with Crippen LogP contribution in [0.2, 0.25) is 5.02 Å². The number of aliphatic hydroxyl groups excluding tert-OH is 1. The van der Waals surface area contributed by atoms with E-state index in [4.69, 9.17) is 21.4 Å². The van der Waals surface area contributed by atoms with E-state index < -0.39 is 0 Å². The Bertz CT molecular complexity index is 485. The second-order valence-electron chi connectivity index (χ2n) is 3.56. The van der Waals surface area contributed by atoms with Crippen LogP contribution >= 0.6 is 11.6 Å². The van der Waals surface area contributed by atoms with Gasteiger partial charge in [-0.15, -0.1) is 0 Å². The zero-order chi connectivity index (χ0) is 12.1. The highest BCUT2D eigenvalue weighted by atomic mass is 35.5. The third-order valence-corrected chi connectivity index (χ3v) is 2.60. The third-order valence-electron chi connectivity index (χ3n) is 2.35. The molecule has 1 N–H and O–H groups in total. The van der Waals surface area contributed by atoms with E-state index in [1.807, 2.05) is 24.3 Å². The van der Waals surface area contributed by atoms with Crippen LogP contribution in [0.3, 0.4) is 0 Å². The Kier molecular flexibility index (Phi) is 3.96. The summed E-state index contributed by atoms with van der Waals surface area (Å²) in [5, 5.41) is 9.83. The summed E-state index contributed by atoms with van der Waals surface area (Å²) in [6, 6.07) is 9.17. The van der Waals surface area contributed by atoms with Crippen molar-refractivity contribution in [3.63, 3.8) is 0 Å². The van der Waals surface area contributed by atoms with Crippen LogP contribution in [-0.2, 0) is 13.2 Å². The first-order valence-corrected chi connectivity index (χ1v) is 5.58. The molecule has 2 rings (SSSR count). The lowest BCUT2D eigenvalue weighted by Crippen LogP contribution is -1.99. The molecule has 0 atom stereocenters. The minimum absolute atomic E-state index is 0.0571. The summed E-state index contributed by atoms with van der Waals surface area (Å²) in [7, 11) is 0. The minimum Gasteiger partial charge on any atom is -0.487 e. The molecule has 0 spiro atoms. The summed E-state index contributed by atoms with van der Waals surface area (Å²) in [5.41, 5.74) is 1.75. The van der Waals surface area contributed by atoms with Gasteiger partial charge in [0.1, 0.15) is 12.4 Å². The van der Waals surface area contributed by atoms with E-state index in [2.05, 4.69) is 4.98 Å². The normalized spacial score (nSPS) is 10.2. The number of pyridine rings is 1. The lowest BCUT2D eigenvalue weighted by molar-refractivity contribution is 0.258. The van der Waals surface area contributed by atoms with E-state index in [1.165, 1.54) is 0 Å². The maximum atomic E-state index is 9.13. The topological polar surface area (TPSA) is 42.4 Å². The number of ether oxygens (including phenoxy) is 1. The van der Waals surface area contributed by atoms with Crippen molar-refractivity contribution in [2.45, 2.75) is 13.2 Å². The number of halogens is 1. The first-order valence-electron chi connectivity index (χ1n) is 5.20. The van der Waals surface area contributed by atoms with E-state index in [0.29, 0.717) is 17.4 Å². The predicted molar refractivity (Wildman–Crippen MR) is 65.9 cm³/mol. The molecule has 0 aliphatic heterocycles.